The fourth-order valence-corrected chi connectivity index (χ4v) is 4.35. The van der Waals surface area contributed by atoms with Gasteiger partial charge in [0.05, 0.1) is 12.6 Å². The van der Waals surface area contributed by atoms with Crippen LogP contribution in [-0.2, 0) is 4.79 Å². The van der Waals surface area contributed by atoms with Crippen molar-refractivity contribution in [3.63, 3.8) is 0 Å². The number of piperidine rings is 1. The van der Waals surface area contributed by atoms with Crippen LogP contribution in [0.5, 0.6) is 0 Å². The van der Waals surface area contributed by atoms with E-state index >= 15 is 0 Å². The first-order valence-electron chi connectivity index (χ1n) is 12.8. The minimum absolute atomic E-state index is 0.0299. The van der Waals surface area contributed by atoms with E-state index in [0.717, 1.165) is 31.5 Å². The smallest absolute Gasteiger partial charge is 0.253 e. The number of hydrogen-bond donors (Lipinski definition) is 3. The molecule has 0 saturated carbocycles. The lowest BCUT2D eigenvalue weighted by Crippen LogP contribution is -2.37. The normalized spacial score (nSPS) is 14.5. The van der Waals surface area contributed by atoms with Crippen LogP contribution < -0.4 is 16.0 Å². The minimum Gasteiger partial charge on any atom is -0.376 e. The molecule has 7 nitrogen and oxygen atoms in total. The molecule has 0 bridgehead atoms. The second-order valence-corrected chi connectivity index (χ2v) is 9.64. The average Bonchev–Trinajstić information content (AvgIpc) is 2.93. The van der Waals surface area contributed by atoms with Crippen molar-refractivity contribution < 1.29 is 14.4 Å². The minimum atomic E-state index is -0.225. The summed E-state index contributed by atoms with van der Waals surface area (Å²) in [6.07, 6.45) is 2.06. The van der Waals surface area contributed by atoms with Crippen LogP contribution in [0.15, 0.2) is 78.9 Å². The summed E-state index contributed by atoms with van der Waals surface area (Å²) in [5.74, 6) is 0.288. The van der Waals surface area contributed by atoms with Crippen molar-refractivity contribution in [2.45, 2.75) is 32.7 Å². The summed E-state index contributed by atoms with van der Waals surface area (Å²) >= 11 is 0. The van der Waals surface area contributed by atoms with E-state index in [4.69, 9.17) is 0 Å². The molecule has 3 N–H and O–H groups in total. The highest BCUT2D eigenvalue weighted by Crippen LogP contribution is 2.20. The first-order chi connectivity index (χ1) is 17.9. The molecular weight excluding hydrogens is 464 g/mol. The molecule has 0 aromatic heterocycles. The Morgan fingerprint density at radius 1 is 0.865 bits per heavy atom. The monoisotopic (exact) mass is 498 g/mol. The van der Waals surface area contributed by atoms with Gasteiger partial charge in [0.2, 0.25) is 5.91 Å². The SMILES string of the molecule is CC1CCN(C(=O)c2cccc(NCC(=O)Nc3ccc(C(=O)NC(C)c4ccccc4)cc3)c2)CC1. The number of likely N-dealkylation sites (tertiary alicyclic amines) is 1. The molecule has 37 heavy (non-hydrogen) atoms. The van der Waals surface area contributed by atoms with Crippen molar-refractivity contribution in [1.82, 2.24) is 10.2 Å². The molecule has 1 aliphatic heterocycles. The maximum atomic E-state index is 12.8. The maximum Gasteiger partial charge on any atom is 0.253 e. The number of nitrogens with one attached hydrogen (secondary N) is 3. The van der Waals surface area contributed by atoms with Gasteiger partial charge in [-0.05, 0) is 73.7 Å². The highest BCUT2D eigenvalue weighted by atomic mass is 16.2. The standard InChI is InChI=1S/C30H34N4O3/c1-21-15-17-34(18-16-21)30(37)25-9-6-10-27(19-25)31-20-28(35)33-26-13-11-24(12-14-26)29(36)32-22(2)23-7-4-3-5-8-23/h3-14,19,21-22,31H,15-18,20H2,1-2H3,(H,32,36)(H,33,35). The highest BCUT2D eigenvalue weighted by molar-refractivity contribution is 5.97. The average molecular weight is 499 g/mol. The van der Waals surface area contributed by atoms with Crippen LogP contribution in [0.25, 0.3) is 0 Å². The quantitative estimate of drug-likeness (QED) is 0.403. The van der Waals surface area contributed by atoms with Crippen LogP contribution in [0, 0.1) is 5.92 Å². The summed E-state index contributed by atoms with van der Waals surface area (Å²) in [5.41, 5.74) is 3.48. The van der Waals surface area contributed by atoms with Gasteiger partial charge in [0, 0.05) is 35.6 Å². The van der Waals surface area contributed by atoms with Crippen molar-refractivity contribution in [2.24, 2.45) is 5.92 Å². The van der Waals surface area contributed by atoms with Crippen LogP contribution in [0.3, 0.4) is 0 Å². The van der Waals surface area contributed by atoms with E-state index in [9.17, 15) is 14.4 Å². The van der Waals surface area contributed by atoms with Crippen LogP contribution in [0.4, 0.5) is 11.4 Å². The summed E-state index contributed by atoms with van der Waals surface area (Å²) in [6, 6.07) is 23.7. The third kappa shape index (κ3) is 7.19. The molecule has 7 heteroatoms. The fourth-order valence-electron chi connectivity index (χ4n) is 4.35. The zero-order chi connectivity index (χ0) is 26.2. The molecule has 3 amide bonds. The number of anilines is 2. The molecule has 0 radical (unpaired) electrons. The van der Waals surface area contributed by atoms with Gasteiger partial charge in [-0.1, -0.05) is 43.3 Å². The number of benzene rings is 3. The van der Waals surface area contributed by atoms with E-state index in [1.54, 1.807) is 30.3 Å². The van der Waals surface area contributed by atoms with Gasteiger partial charge in [0.1, 0.15) is 0 Å². The van der Waals surface area contributed by atoms with Gasteiger partial charge in [0.15, 0.2) is 0 Å². The number of rotatable bonds is 8. The topological polar surface area (TPSA) is 90.5 Å². The first-order valence-corrected chi connectivity index (χ1v) is 12.8. The third-order valence-electron chi connectivity index (χ3n) is 6.71. The van der Waals surface area contributed by atoms with Gasteiger partial charge in [-0.2, -0.15) is 0 Å². The second kappa shape index (κ2) is 12.2. The molecule has 1 aliphatic rings. The Kier molecular flexibility index (Phi) is 8.56. The summed E-state index contributed by atoms with van der Waals surface area (Å²) in [6.45, 7) is 5.78. The molecule has 1 fully saturated rings. The van der Waals surface area contributed by atoms with Crippen molar-refractivity contribution in [3.05, 3.63) is 95.6 Å². The number of carbonyl (C=O) groups excluding carboxylic acids is 3. The van der Waals surface area contributed by atoms with E-state index in [1.807, 2.05) is 60.4 Å². The predicted molar refractivity (Wildman–Crippen MR) is 147 cm³/mol. The Morgan fingerprint density at radius 2 is 1.57 bits per heavy atom. The van der Waals surface area contributed by atoms with Crippen molar-refractivity contribution in [1.29, 1.82) is 0 Å². The third-order valence-corrected chi connectivity index (χ3v) is 6.71. The lowest BCUT2D eigenvalue weighted by atomic mass is 9.98. The lowest BCUT2D eigenvalue weighted by molar-refractivity contribution is -0.114. The van der Waals surface area contributed by atoms with E-state index < -0.39 is 0 Å². The van der Waals surface area contributed by atoms with Gasteiger partial charge >= 0.3 is 0 Å². The van der Waals surface area contributed by atoms with Gasteiger partial charge in [-0.15, -0.1) is 0 Å². The largest absolute Gasteiger partial charge is 0.376 e. The molecule has 3 aromatic rings. The summed E-state index contributed by atoms with van der Waals surface area (Å²) in [5, 5.41) is 8.90. The molecule has 1 unspecified atom stereocenters. The van der Waals surface area contributed by atoms with E-state index in [-0.39, 0.29) is 30.3 Å². The molecule has 1 atom stereocenters. The number of amides is 3. The second-order valence-electron chi connectivity index (χ2n) is 9.64. The van der Waals surface area contributed by atoms with Crippen molar-refractivity contribution in [2.75, 3.05) is 30.3 Å². The molecule has 1 saturated heterocycles. The Balaban J connectivity index is 1.26. The Morgan fingerprint density at radius 3 is 2.27 bits per heavy atom. The molecular formula is C30H34N4O3. The van der Waals surface area contributed by atoms with E-state index in [0.29, 0.717) is 28.4 Å². The summed E-state index contributed by atoms with van der Waals surface area (Å²) < 4.78 is 0. The molecule has 4 rings (SSSR count). The molecule has 3 aromatic carbocycles. The Hall–Kier alpha value is -4.13. The van der Waals surface area contributed by atoms with Gasteiger partial charge in [0.25, 0.3) is 11.8 Å². The Bertz CT molecular complexity index is 1220. The lowest BCUT2D eigenvalue weighted by Gasteiger charge is -2.30. The van der Waals surface area contributed by atoms with E-state index in [2.05, 4.69) is 22.9 Å². The van der Waals surface area contributed by atoms with Gasteiger partial charge in [-0.25, -0.2) is 0 Å². The molecule has 0 aliphatic carbocycles. The van der Waals surface area contributed by atoms with Crippen LogP contribution >= 0.6 is 0 Å². The van der Waals surface area contributed by atoms with Crippen molar-refractivity contribution >= 4 is 29.1 Å². The van der Waals surface area contributed by atoms with Crippen molar-refractivity contribution in [3.8, 4) is 0 Å². The van der Waals surface area contributed by atoms with Crippen LogP contribution in [-0.4, -0.2) is 42.3 Å². The highest BCUT2D eigenvalue weighted by Gasteiger charge is 2.21. The van der Waals surface area contributed by atoms with Gasteiger partial charge < -0.3 is 20.9 Å². The zero-order valence-electron chi connectivity index (χ0n) is 21.4. The van der Waals surface area contributed by atoms with Crippen LogP contribution in [0.1, 0.15) is 59.0 Å². The zero-order valence-corrected chi connectivity index (χ0v) is 21.4. The van der Waals surface area contributed by atoms with Crippen LogP contribution in [0.2, 0.25) is 0 Å². The number of nitrogens with zero attached hydrogens (tertiary/aromatic N) is 1. The van der Waals surface area contributed by atoms with E-state index in [1.165, 1.54) is 0 Å². The van der Waals surface area contributed by atoms with Gasteiger partial charge in [-0.3, -0.25) is 14.4 Å². The maximum absolute atomic E-state index is 12.8. The Labute approximate surface area is 218 Å². The molecule has 192 valence electrons. The molecule has 1 heterocycles. The number of hydrogen-bond acceptors (Lipinski definition) is 4. The fraction of sp³-hybridized carbons (Fsp3) is 0.300. The summed E-state index contributed by atoms with van der Waals surface area (Å²) in [4.78, 5) is 39.8. The molecule has 0 spiro atoms. The predicted octanol–water partition coefficient (Wildman–Crippen LogP) is 5.10. The first kappa shape index (κ1) is 25.9. The number of carbonyl (C=O) groups is 3. The summed E-state index contributed by atoms with van der Waals surface area (Å²) in [7, 11) is 0.